The summed E-state index contributed by atoms with van der Waals surface area (Å²) in [6, 6.07) is 0. The Balaban J connectivity index is 3.06. The Morgan fingerprint density at radius 2 is 0.364 bits per heavy atom. The van der Waals surface area contributed by atoms with E-state index in [1.54, 1.807) is 0 Å². The zero-order valence-corrected chi connectivity index (χ0v) is 38.7. The monoisotopic (exact) mass is 775 g/mol. The molecule has 0 bridgehead atoms. The van der Waals surface area contributed by atoms with Crippen LogP contribution in [0.1, 0.15) is 328 Å². The summed E-state index contributed by atoms with van der Waals surface area (Å²) < 4.78 is 4.70. The number of carbonyl (C=O) groups is 1. The number of carbonyl (C=O) groups excluding carboxylic acids is 1. The van der Waals surface area contributed by atoms with Gasteiger partial charge in [0.25, 0.3) is 0 Å². The topological polar surface area (TPSA) is 26.3 Å². The van der Waals surface area contributed by atoms with E-state index in [0.717, 1.165) is 6.42 Å². The summed E-state index contributed by atoms with van der Waals surface area (Å²) in [7, 11) is 1.48. The average Bonchev–Trinajstić information content (AvgIpc) is 3.20. The van der Waals surface area contributed by atoms with E-state index in [0.29, 0.717) is 6.42 Å². The largest absolute Gasteiger partial charge is 0.469 e. The van der Waals surface area contributed by atoms with Crippen molar-refractivity contribution in [2.24, 2.45) is 0 Å². The molecule has 55 heavy (non-hydrogen) atoms. The van der Waals surface area contributed by atoms with Crippen molar-refractivity contribution in [3.63, 3.8) is 0 Å². The highest BCUT2D eigenvalue weighted by Gasteiger charge is 2.01. The summed E-state index contributed by atoms with van der Waals surface area (Å²) in [6.45, 7) is 2.31. The van der Waals surface area contributed by atoms with Gasteiger partial charge in [0.1, 0.15) is 0 Å². The van der Waals surface area contributed by atoms with Crippen molar-refractivity contribution in [2.45, 2.75) is 328 Å². The highest BCUT2D eigenvalue weighted by Crippen LogP contribution is 2.19. The van der Waals surface area contributed by atoms with Crippen LogP contribution < -0.4 is 0 Å². The van der Waals surface area contributed by atoms with Gasteiger partial charge in [-0.25, -0.2) is 0 Å². The predicted molar refractivity (Wildman–Crippen MR) is 249 cm³/mol. The van der Waals surface area contributed by atoms with Crippen LogP contribution in [0.15, 0.2) is 0 Å². The van der Waals surface area contributed by atoms with Gasteiger partial charge in [-0.1, -0.05) is 315 Å². The first-order chi connectivity index (χ1) is 27.3. The maximum Gasteiger partial charge on any atom is 0.305 e. The van der Waals surface area contributed by atoms with Crippen molar-refractivity contribution in [1.82, 2.24) is 0 Å². The van der Waals surface area contributed by atoms with Crippen LogP contribution in [0.25, 0.3) is 0 Å². The molecule has 0 aromatic carbocycles. The van der Waals surface area contributed by atoms with Gasteiger partial charge in [-0.3, -0.25) is 4.79 Å². The molecule has 0 atom stereocenters. The molecule has 0 amide bonds. The molecule has 0 saturated heterocycles. The van der Waals surface area contributed by atoms with Crippen molar-refractivity contribution in [1.29, 1.82) is 0 Å². The molecule has 2 heteroatoms. The second-order valence-electron chi connectivity index (χ2n) is 18.3. The fraction of sp³-hybridized carbons (Fsp3) is 0.981. The summed E-state index contributed by atoms with van der Waals surface area (Å²) in [4.78, 5) is 11.1. The lowest BCUT2D eigenvalue weighted by atomic mass is 10.0. The zero-order valence-electron chi connectivity index (χ0n) is 38.7. The SMILES string of the molecule is CCCCCCCCCCCCCCCCCCCCCCCCCCCCCCCCCCCCCCCCCCCCCCCCCCCC(=O)OC. The van der Waals surface area contributed by atoms with E-state index in [4.69, 9.17) is 4.74 Å². The number of methoxy groups -OCH3 is 1. The average molecular weight is 775 g/mol. The molecule has 0 saturated carbocycles. The van der Waals surface area contributed by atoms with Crippen molar-refractivity contribution in [3.8, 4) is 0 Å². The summed E-state index contributed by atoms with van der Waals surface area (Å²) in [5.41, 5.74) is 0. The molecule has 0 fully saturated rings. The number of hydrogen-bond acceptors (Lipinski definition) is 2. The lowest BCUT2D eigenvalue weighted by molar-refractivity contribution is -0.140. The fourth-order valence-corrected chi connectivity index (χ4v) is 8.75. The van der Waals surface area contributed by atoms with Gasteiger partial charge in [0.15, 0.2) is 0 Å². The van der Waals surface area contributed by atoms with Gasteiger partial charge in [0.2, 0.25) is 0 Å². The molecule has 2 nitrogen and oxygen atoms in total. The van der Waals surface area contributed by atoms with E-state index in [2.05, 4.69) is 6.92 Å². The third kappa shape index (κ3) is 51.5. The third-order valence-electron chi connectivity index (χ3n) is 12.7. The van der Waals surface area contributed by atoms with Crippen molar-refractivity contribution >= 4 is 5.97 Å². The molecule has 0 aliphatic rings. The molecular weight excluding hydrogens is 669 g/mol. The van der Waals surface area contributed by atoms with Gasteiger partial charge < -0.3 is 4.74 Å². The highest BCUT2D eigenvalue weighted by molar-refractivity contribution is 5.68. The van der Waals surface area contributed by atoms with Crippen LogP contribution in [0.2, 0.25) is 0 Å². The van der Waals surface area contributed by atoms with E-state index in [1.807, 2.05) is 0 Å². The summed E-state index contributed by atoms with van der Waals surface area (Å²) in [5.74, 6) is -0.0579. The molecule has 0 spiro atoms. The Bertz CT molecular complexity index is 673. The Morgan fingerprint density at radius 1 is 0.236 bits per heavy atom. The quantitative estimate of drug-likeness (QED) is 0.0454. The van der Waals surface area contributed by atoms with E-state index >= 15 is 0 Å². The minimum absolute atomic E-state index is 0.0579. The maximum absolute atomic E-state index is 11.1. The molecule has 0 aliphatic carbocycles. The fourth-order valence-electron chi connectivity index (χ4n) is 8.75. The normalized spacial score (nSPS) is 11.5. The van der Waals surface area contributed by atoms with Crippen LogP contribution in [0, 0.1) is 0 Å². The first-order valence-corrected chi connectivity index (χ1v) is 26.4. The van der Waals surface area contributed by atoms with Gasteiger partial charge in [-0.05, 0) is 6.42 Å². The predicted octanol–water partition coefficient (Wildman–Crippen LogP) is 19.7. The van der Waals surface area contributed by atoms with Crippen molar-refractivity contribution < 1.29 is 9.53 Å². The van der Waals surface area contributed by atoms with Crippen LogP contribution in [0.3, 0.4) is 0 Å². The number of esters is 1. The summed E-state index contributed by atoms with van der Waals surface area (Å²) in [5, 5.41) is 0. The molecule has 0 rings (SSSR count). The molecule has 330 valence electrons. The maximum atomic E-state index is 11.1. The first kappa shape index (κ1) is 54.5. The Labute approximate surface area is 349 Å². The van der Waals surface area contributed by atoms with Crippen LogP contribution in [0.4, 0.5) is 0 Å². The smallest absolute Gasteiger partial charge is 0.305 e. The van der Waals surface area contributed by atoms with Crippen LogP contribution in [-0.4, -0.2) is 13.1 Å². The number of unbranched alkanes of at least 4 members (excludes halogenated alkanes) is 48. The zero-order chi connectivity index (χ0) is 39.6. The lowest BCUT2D eigenvalue weighted by Gasteiger charge is -2.05. The van der Waals surface area contributed by atoms with Crippen molar-refractivity contribution in [3.05, 3.63) is 0 Å². The second-order valence-corrected chi connectivity index (χ2v) is 18.3. The molecule has 0 aromatic rings. The number of hydrogen-bond donors (Lipinski definition) is 0. The Kier molecular flexibility index (Phi) is 51.0. The molecule has 0 aromatic heterocycles. The third-order valence-corrected chi connectivity index (χ3v) is 12.7. The van der Waals surface area contributed by atoms with Gasteiger partial charge in [-0.2, -0.15) is 0 Å². The standard InChI is InChI=1S/C53H106O2/c1-3-4-5-6-7-8-9-10-11-12-13-14-15-16-17-18-19-20-21-22-23-24-25-26-27-28-29-30-31-32-33-34-35-36-37-38-39-40-41-42-43-44-45-46-47-48-49-50-51-52-53(54)55-2/h3-52H2,1-2H3. The lowest BCUT2D eigenvalue weighted by Crippen LogP contribution is -1.99. The van der Waals surface area contributed by atoms with Crippen LogP contribution in [-0.2, 0) is 9.53 Å². The number of rotatable bonds is 50. The molecular formula is C53H106O2. The number of ether oxygens (including phenoxy) is 1. The van der Waals surface area contributed by atoms with E-state index in [1.165, 1.54) is 315 Å². The minimum atomic E-state index is -0.0579. The first-order valence-electron chi connectivity index (χ1n) is 26.4. The second kappa shape index (κ2) is 51.5. The molecule has 0 aliphatic heterocycles. The van der Waals surface area contributed by atoms with Gasteiger partial charge >= 0.3 is 5.97 Å². The molecule has 0 radical (unpaired) electrons. The summed E-state index contributed by atoms with van der Waals surface area (Å²) >= 11 is 0. The molecule has 0 heterocycles. The molecule has 0 N–H and O–H groups in total. The summed E-state index contributed by atoms with van der Waals surface area (Å²) in [6.07, 6.45) is 71.6. The van der Waals surface area contributed by atoms with Gasteiger partial charge in [0.05, 0.1) is 7.11 Å². The molecule has 0 unspecified atom stereocenters. The van der Waals surface area contributed by atoms with Gasteiger partial charge in [-0.15, -0.1) is 0 Å². The van der Waals surface area contributed by atoms with Crippen LogP contribution in [0.5, 0.6) is 0 Å². The Morgan fingerprint density at radius 3 is 0.491 bits per heavy atom. The van der Waals surface area contributed by atoms with E-state index < -0.39 is 0 Å². The van der Waals surface area contributed by atoms with E-state index in [9.17, 15) is 4.79 Å². The minimum Gasteiger partial charge on any atom is -0.469 e. The van der Waals surface area contributed by atoms with Gasteiger partial charge in [0, 0.05) is 6.42 Å². The highest BCUT2D eigenvalue weighted by atomic mass is 16.5. The van der Waals surface area contributed by atoms with E-state index in [-0.39, 0.29) is 5.97 Å². The Hall–Kier alpha value is -0.530. The van der Waals surface area contributed by atoms with Crippen LogP contribution >= 0.6 is 0 Å². The van der Waals surface area contributed by atoms with Crippen molar-refractivity contribution in [2.75, 3.05) is 7.11 Å².